The number of rotatable bonds is 5. The van der Waals surface area contributed by atoms with Crippen LogP contribution in [0.25, 0.3) is 0 Å². The standard InChI is InChI=1S/C15H16N2O2S/c1-11(2)19-14-5-3-13(4-6-14)15(18)17-16-9-12-7-8-20-10-12/h3-11H,1-2H3,(H,17,18)/b16-9-. The number of carbonyl (C=O) groups excluding carboxylic acids is 1. The third kappa shape index (κ3) is 4.20. The van der Waals surface area contributed by atoms with E-state index in [2.05, 4.69) is 10.5 Å². The quantitative estimate of drug-likeness (QED) is 0.678. The topological polar surface area (TPSA) is 50.7 Å². The Morgan fingerprint density at radius 2 is 2.05 bits per heavy atom. The zero-order valence-electron chi connectivity index (χ0n) is 11.4. The van der Waals surface area contributed by atoms with Gasteiger partial charge in [0.2, 0.25) is 0 Å². The van der Waals surface area contributed by atoms with Gasteiger partial charge in [-0.25, -0.2) is 5.43 Å². The Kier molecular flexibility index (Phi) is 4.90. The van der Waals surface area contributed by atoms with Gasteiger partial charge in [0.05, 0.1) is 12.3 Å². The van der Waals surface area contributed by atoms with E-state index in [-0.39, 0.29) is 12.0 Å². The third-order valence-electron chi connectivity index (χ3n) is 2.41. The molecule has 1 N–H and O–H groups in total. The zero-order chi connectivity index (χ0) is 14.4. The van der Waals surface area contributed by atoms with Gasteiger partial charge in [0.1, 0.15) is 5.75 Å². The van der Waals surface area contributed by atoms with Gasteiger partial charge in [-0.05, 0) is 54.9 Å². The van der Waals surface area contributed by atoms with E-state index in [9.17, 15) is 4.79 Å². The Morgan fingerprint density at radius 3 is 2.65 bits per heavy atom. The molecule has 0 saturated carbocycles. The van der Waals surface area contributed by atoms with E-state index in [0.717, 1.165) is 11.3 Å². The van der Waals surface area contributed by atoms with Crippen molar-refractivity contribution in [3.05, 3.63) is 52.2 Å². The molecule has 1 aromatic carbocycles. The van der Waals surface area contributed by atoms with E-state index < -0.39 is 0 Å². The first-order valence-electron chi connectivity index (χ1n) is 6.27. The van der Waals surface area contributed by atoms with Crippen LogP contribution in [0.2, 0.25) is 0 Å². The summed E-state index contributed by atoms with van der Waals surface area (Å²) >= 11 is 1.58. The summed E-state index contributed by atoms with van der Waals surface area (Å²) in [7, 11) is 0. The minimum absolute atomic E-state index is 0.116. The Morgan fingerprint density at radius 1 is 1.30 bits per heavy atom. The smallest absolute Gasteiger partial charge is 0.271 e. The van der Waals surface area contributed by atoms with Gasteiger partial charge < -0.3 is 4.74 Å². The van der Waals surface area contributed by atoms with Crippen LogP contribution in [0, 0.1) is 0 Å². The lowest BCUT2D eigenvalue weighted by Crippen LogP contribution is -2.17. The second-order valence-corrected chi connectivity index (χ2v) is 5.23. The molecule has 0 unspecified atom stereocenters. The summed E-state index contributed by atoms with van der Waals surface area (Å²) in [6, 6.07) is 8.91. The molecule has 2 aromatic rings. The molecule has 104 valence electrons. The molecule has 0 fully saturated rings. The van der Waals surface area contributed by atoms with Crippen molar-refractivity contribution in [2.75, 3.05) is 0 Å². The van der Waals surface area contributed by atoms with Gasteiger partial charge in [0, 0.05) is 11.1 Å². The lowest BCUT2D eigenvalue weighted by Gasteiger charge is -2.09. The molecule has 4 nitrogen and oxygen atoms in total. The molecule has 0 saturated heterocycles. The van der Waals surface area contributed by atoms with Crippen LogP contribution < -0.4 is 10.2 Å². The molecular formula is C15H16N2O2S. The fourth-order valence-corrected chi connectivity index (χ4v) is 2.15. The lowest BCUT2D eigenvalue weighted by atomic mass is 10.2. The van der Waals surface area contributed by atoms with Crippen LogP contribution in [0.5, 0.6) is 5.75 Å². The first kappa shape index (κ1) is 14.3. The highest BCUT2D eigenvalue weighted by Gasteiger charge is 2.04. The summed E-state index contributed by atoms with van der Waals surface area (Å²) in [5.74, 6) is 0.505. The van der Waals surface area contributed by atoms with Gasteiger partial charge in [-0.2, -0.15) is 16.4 Å². The van der Waals surface area contributed by atoms with E-state index in [1.807, 2.05) is 30.7 Å². The number of nitrogens with one attached hydrogen (secondary N) is 1. The number of nitrogens with zero attached hydrogens (tertiary/aromatic N) is 1. The highest BCUT2D eigenvalue weighted by molar-refractivity contribution is 7.08. The second kappa shape index (κ2) is 6.86. The van der Waals surface area contributed by atoms with Crippen molar-refractivity contribution in [1.29, 1.82) is 0 Å². The third-order valence-corrected chi connectivity index (χ3v) is 3.11. The van der Waals surface area contributed by atoms with Crippen molar-refractivity contribution in [1.82, 2.24) is 5.43 Å². The largest absolute Gasteiger partial charge is 0.491 e. The van der Waals surface area contributed by atoms with Crippen molar-refractivity contribution < 1.29 is 9.53 Å². The first-order chi connectivity index (χ1) is 9.65. The van der Waals surface area contributed by atoms with Gasteiger partial charge in [-0.3, -0.25) is 4.79 Å². The predicted molar refractivity (Wildman–Crippen MR) is 81.6 cm³/mol. The number of ether oxygens (including phenoxy) is 1. The van der Waals surface area contributed by atoms with Crippen LogP contribution in [0.3, 0.4) is 0 Å². The number of benzene rings is 1. The number of hydrazone groups is 1. The summed E-state index contributed by atoms with van der Waals surface area (Å²) in [5, 5.41) is 7.82. The number of thiophene rings is 1. The highest BCUT2D eigenvalue weighted by atomic mass is 32.1. The van der Waals surface area contributed by atoms with E-state index in [1.54, 1.807) is 41.8 Å². The van der Waals surface area contributed by atoms with Crippen molar-refractivity contribution in [3.8, 4) is 5.75 Å². The van der Waals surface area contributed by atoms with E-state index in [1.165, 1.54) is 0 Å². The molecule has 0 aliphatic rings. The Labute approximate surface area is 122 Å². The van der Waals surface area contributed by atoms with E-state index in [4.69, 9.17) is 4.74 Å². The molecular weight excluding hydrogens is 272 g/mol. The molecule has 0 radical (unpaired) electrons. The van der Waals surface area contributed by atoms with Gasteiger partial charge in [-0.1, -0.05) is 0 Å². The molecule has 1 aromatic heterocycles. The van der Waals surface area contributed by atoms with Crippen molar-refractivity contribution in [3.63, 3.8) is 0 Å². The maximum Gasteiger partial charge on any atom is 0.271 e. The second-order valence-electron chi connectivity index (χ2n) is 4.45. The number of carbonyl (C=O) groups is 1. The van der Waals surface area contributed by atoms with Crippen molar-refractivity contribution >= 4 is 23.5 Å². The number of hydrogen-bond donors (Lipinski definition) is 1. The summed E-state index contributed by atoms with van der Waals surface area (Å²) in [5.41, 5.74) is 4.01. The Hall–Kier alpha value is -2.14. The van der Waals surface area contributed by atoms with Gasteiger partial charge >= 0.3 is 0 Å². The minimum atomic E-state index is -0.243. The van der Waals surface area contributed by atoms with Crippen molar-refractivity contribution in [2.45, 2.75) is 20.0 Å². The Balaban J connectivity index is 1.92. The summed E-state index contributed by atoms with van der Waals surface area (Å²) in [6.07, 6.45) is 1.73. The van der Waals surface area contributed by atoms with Gasteiger partial charge in [0.15, 0.2) is 0 Å². The predicted octanol–water partition coefficient (Wildman–Crippen LogP) is 3.30. The maximum atomic E-state index is 11.8. The molecule has 1 amide bonds. The average Bonchev–Trinajstić information content (AvgIpc) is 2.92. The Bertz CT molecular complexity index is 574. The molecule has 5 heteroatoms. The van der Waals surface area contributed by atoms with Crippen LogP contribution in [0.4, 0.5) is 0 Å². The highest BCUT2D eigenvalue weighted by Crippen LogP contribution is 2.13. The molecule has 0 atom stereocenters. The molecule has 0 aliphatic heterocycles. The molecule has 20 heavy (non-hydrogen) atoms. The minimum Gasteiger partial charge on any atom is -0.491 e. The fraction of sp³-hybridized carbons (Fsp3) is 0.200. The fourth-order valence-electron chi connectivity index (χ4n) is 1.54. The van der Waals surface area contributed by atoms with Gasteiger partial charge in [0.25, 0.3) is 5.91 Å². The van der Waals surface area contributed by atoms with Gasteiger partial charge in [-0.15, -0.1) is 0 Å². The molecule has 0 aliphatic carbocycles. The first-order valence-corrected chi connectivity index (χ1v) is 7.22. The monoisotopic (exact) mass is 288 g/mol. The lowest BCUT2D eigenvalue weighted by molar-refractivity contribution is 0.0955. The van der Waals surface area contributed by atoms with Crippen LogP contribution in [-0.2, 0) is 0 Å². The molecule has 0 bridgehead atoms. The number of hydrogen-bond acceptors (Lipinski definition) is 4. The zero-order valence-corrected chi connectivity index (χ0v) is 12.2. The maximum absolute atomic E-state index is 11.8. The molecule has 0 spiro atoms. The SMILES string of the molecule is CC(C)Oc1ccc(C(=O)N/N=C\c2ccsc2)cc1. The normalized spacial score (nSPS) is 10.9. The van der Waals surface area contributed by atoms with Crippen molar-refractivity contribution in [2.24, 2.45) is 5.10 Å². The van der Waals surface area contributed by atoms with Crippen LogP contribution in [-0.4, -0.2) is 18.2 Å². The van der Waals surface area contributed by atoms with Crippen LogP contribution >= 0.6 is 11.3 Å². The number of amides is 1. The summed E-state index contributed by atoms with van der Waals surface area (Å²) in [4.78, 5) is 11.8. The van der Waals surface area contributed by atoms with Crippen LogP contribution in [0.15, 0.2) is 46.2 Å². The summed E-state index contributed by atoms with van der Waals surface area (Å²) in [6.45, 7) is 3.92. The van der Waals surface area contributed by atoms with E-state index in [0.29, 0.717) is 5.56 Å². The summed E-state index contributed by atoms with van der Waals surface area (Å²) < 4.78 is 5.52. The average molecular weight is 288 g/mol. The van der Waals surface area contributed by atoms with E-state index >= 15 is 0 Å². The van der Waals surface area contributed by atoms with Crippen LogP contribution in [0.1, 0.15) is 29.8 Å². The molecule has 2 rings (SSSR count). The molecule has 1 heterocycles.